The predicted octanol–water partition coefficient (Wildman–Crippen LogP) is 4.66. The Morgan fingerprint density at radius 1 is 1.08 bits per heavy atom. The molecule has 3 N–H and O–H groups in total. The molecule has 0 amide bonds. The van der Waals surface area contributed by atoms with E-state index in [-0.39, 0.29) is 10.8 Å². The molecular formula is C16H11Cl2N5OS. The van der Waals surface area contributed by atoms with Crippen molar-refractivity contribution in [2.75, 3.05) is 0 Å². The van der Waals surface area contributed by atoms with E-state index < -0.39 is 5.56 Å². The van der Waals surface area contributed by atoms with Crippen molar-refractivity contribution in [2.24, 2.45) is 16.0 Å². The molecule has 2 aromatic carbocycles. The molecule has 0 fully saturated rings. The van der Waals surface area contributed by atoms with Crippen LogP contribution in [0, 0.1) is 0 Å². The fourth-order valence-electron chi connectivity index (χ4n) is 2.14. The van der Waals surface area contributed by atoms with Gasteiger partial charge in [0.2, 0.25) is 0 Å². The summed E-state index contributed by atoms with van der Waals surface area (Å²) in [4.78, 5) is 12.5. The van der Waals surface area contributed by atoms with Crippen molar-refractivity contribution < 1.29 is 0 Å². The Morgan fingerprint density at radius 3 is 2.44 bits per heavy atom. The predicted molar refractivity (Wildman–Crippen MR) is 103 cm³/mol. The van der Waals surface area contributed by atoms with Crippen LogP contribution in [0.15, 0.2) is 63.6 Å². The van der Waals surface area contributed by atoms with E-state index in [4.69, 9.17) is 41.2 Å². The first kappa shape index (κ1) is 17.3. The van der Waals surface area contributed by atoms with Crippen LogP contribution in [0.1, 0.15) is 0 Å². The van der Waals surface area contributed by atoms with E-state index in [1.54, 1.807) is 18.2 Å². The van der Waals surface area contributed by atoms with E-state index in [1.807, 2.05) is 30.3 Å². The number of rotatable bonds is 3. The maximum atomic E-state index is 12.5. The average molecular weight is 392 g/mol. The van der Waals surface area contributed by atoms with Crippen LogP contribution < -0.4 is 11.3 Å². The highest BCUT2D eigenvalue weighted by atomic mass is 35.5. The van der Waals surface area contributed by atoms with Gasteiger partial charge in [0, 0.05) is 5.56 Å². The number of aromatic nitrogens is 2. The number of benzene rings is 2. The maximum Gasteiger partial charge on any atom is 0.301 e. The third kappa shape index (κ3) is 3.63. The zero-order valence-corrected chi connectivity index (χ0v) is 14.9. The molecular weight excluding hydrogens is 381 g/mol. The normalized spacial score (nSPS) is 11.1. The third-order valence-corrected chi connectivity index (χ3v) is 4.24. The van der Waals surface area contributed by atoms with Crippen LogP contribution in [-0.4, -0.2) is 14.9 Å². The third-order valence-electron chi connectivity index (χ3n) is 3.32. The molecule has 0 unspecified atom stereocenters. The van der Waals surface area contributed by atoms with Crippen LogP contribution in [0.3, 0.4) is 0 Å². The Morgan fingerprint density at radius 2 is 1.80 bits per heavy atom. The first-order valence-corrected chi connectivity index (χ1v) is 8.21. The lowest BCUT2D eigenvalue weighted by molar-refractivity contribution is 0.910. The molecule has 0 atom stereocenters. The number of aromatic amines is 1. The zero-order chi connectivity index (χ0) is 18.0. The van der Waals surface area contributed by atoms with Gasteiger partial charge < -0.3 is 5.73 Å². The standard InChI is InChI=1S/C16H11Cl2N5OS/c17-11-7-6-10(8-12(11)18)20-21-14-13(9-4-2-1-3-5-9)22-23(15(14)24)16(19)25/h1-8,22H,(H2,19,25). The average Bonchev–Trinajstić information content (AvgIpc) is 2.93. The quantitative estimate of drug-likeness (QED) is 0.502. The highest BCUT2D eigenvalue weighted by Crippen LogP contribution is 2.30. The van der Waals surface area contributed by atoms with Gasteiger partial charge in [0.15, 0.2) is 10.8 Å². The number of azo groups is 1. The lowest BCUT2D eigenvalue weighted by Gasteiger charge is -1.99. The molecule has 126 valence electrons. The Balaban J connectivity index is 2.11. The van der Waals surface area contributed by atoms with Crippen molar-refractivity contribution in [3.8, 4) is 11.3 Å². The minimum Gasteiger partial charge on any atom is -0.374 e. The highest BCUT2D eigenvalue weighted by molar-refractivity contribution is 7.80. The van der Waals surface area contributed by atoms with Crippen molar-refractivity contribution in [3.63, 3.8) is 0 Å². The summed E-state index contributed by atoms with van der Waals surface area (Å²) in [6.07, 6.45) is 0. The molecule has 3 rings (SSSR count). The number of hydrogen-bond donors (Lipinski definition) is 2. The molecule has 1 aromatic heterocycles. The van der Waals surface area contributed by atoms with E-state index in [2.05, 4.69) is 15.3 Å². The number of nitrogens with two attached hydrogens (primary N) is 1. The molecule has 0 bridgehead atoms. The molecule has 0 aliphatic rings. The summed E-state index contributed by atoms with van der Waals surface area (Å²) in [6.45, 7) is 0. The second-order valence-corrected chi connectivity index (χ2v) is 6.21. The van der Waals surface area contributed by atoms with Gasteiger partial charge >= 0.3 is 5.56 Å². The summed E-state index contributed by atoms with van der Waals surface area (Å²) in [5, 5.41) is 11.6. The summed E-state index contributed by atoms with van der Waals surface area (Å²) in [6, 6.07) is 14.0. The maximum absolute atomic E-state index is 12.5. The van der Waals surface area contributed by atoms with E-state index in [0.29, 0.717) is 21.4 Å². The lowest BCUT2D eigenvalue weighted by atomic mass is 10.1. The number of nitrogens with one attached hydrogen (secondary N) is 1. The minimum absolute atomic E-state index is 0.0880. The number of nitrogens with zero attached hydrogens (tertiary/aromatic N) is 3. The van der Waals surface area contributed by atoms with Gasteiger partial charge in [0.1, 0.15) is 0 Å². The lowest BCUT2D eigenvalue weighted by Crippen LogP contribution is -2.29. The highest BCUT2D eigenvalue weighted by Gasteiger charge is 2.17. The minimum atomic E-state index is -0.491. The van der Waals surface area contributed by atoms with Gasteiger partial charge in [-0.25, -0.2) is 0 Å². The van der Waals surface area contributed by atoms with Gasteiger partial charge in [-0.15, -0.1) is 5.11 Å². The SMILES string of the molecule is NC(=S)n1[nH]c(-c2ccccc2)c(N=Nc2ccc(Cl)c(Cl)c2)c1=O. The Hall–Kier alpha value is -2.48. The molecule has 0 spiro atoms. The summed E-state index contributed by atoms with van der Waals surface area (Å²) >= 11 is 16.7. The fourth-order valence-corrected chi connectivity index (χ4v) is 2.56. The van der Waals surface area contributed by atoms with Gasteiger partial charge in [-0.05, 0) is 30.4 Å². The number of thiocarbonyl (C=S) groups is 1. The number of halogens is 2. The molecule has 9 heteroatoms. The summed E-state index contributed by atoms with van der Waals surface area (Å²) in [5.41, 5.74) is 6.84. The van der Waals surface area contributed by atoms with Crippen molar-refractivity contribution in [1.82, 2.24) is 9.78 Å². The first-order chi connectivity index (χ1) is 12.0. The van der Waals surface area contributed by atoms with Crippen LogP contribution in [0.25, 0.3) is 11.3 Å². The van der Waals surface area contributed by atoms with Crippen molar-refractivity contribution in [1.29, 1.82) is 0 Å². The van der Waals surface area contributed by atoms with Crippen molar-refractivity contribution in [2.45, 2.75) is 0 Å². The number of hydrogen-bond acceptors (Lipinski definition) is 4. The van der Waals surface area contributed by atoms with Crippen LogP contribution in [0.4, 0.5) is 11.4 Å². The molecule has 0 saturated carbocycles. The Kier molecular flexibility index (Phi) is 4.98. The van der Waals surface area contributed by atoms with Crippen LogP contribution in [0.5, 0.6) is 0 Å². The molecule has 0 aliphatic carbocycles. The van der Waals surface area contributed by atoms with Gasteiger partial charge in [-0.2, -0.15) is 9.80 Å². The summed E-state index contributed by atoms with van der Waals surface area (Å²) in [5.74, 6) is 0. The van der Waals surface area contributed by atoms with Gasteiger partial charge in [-0.3, -0.25) is 9.89 Å². The molecule has 1 heterocycles. The molecule has 0 saturated heterocycles. The topological polar surface area (TPSA) is 88.5 Å². The molecule has 3 aromatic rings. The van der Waals surface area contributed by atoms with Crippen LogP contribution >= 0.6 is 35.4 Å². The van der Waals surface area contributed by atoms with Crippen LogP contribution in [0.2, 0.25) is 10.0 Å². The Labute approximate surface area is 157 Å². The second-order valence-electron chi connectivity index (χ2n) is 4.98. The monoisotopic (exact) mass is 391 g/mol. The molecule has 0 aliphatic heterocycles. The molecule has 25 heavy (non-hydrogen) atoms. The number of H-pyrrole nitrogens is 1. The van der Waals surface area contributed by atoms with E-state index in [0.717, 1.165) is 10.2 Å². The fraction of sp³-hybridized carbons (Fsp3) is 0. The van der Waals surface area contributed by atoms with Gasteiger partial charge in [-0.1, -0.05) is 53.5 Å². The zero-order valence-electron chi connectivity index (χ0n) is 12.6. The van der Waals surface area contributed by atoms with Crippen molar-refractivity contribution in [3.05, 3.63) is 68.9 Å². The van der Waals surface area contributed by atoms with Crippen LogP contribution in [-0.2, 0) is 0 Å². The van der Waals surface area contributed by atoms with Gasteiger partial charge in [0.25, 0.3) is 0 Å². The second kappa shape index (κ2) is 7.18. The van der Waals surface area contributed by atoms with E-state index in [1.165, 1.54) is 0 Å². The summed E-state index contributed by atoms with van der Waals surface area (Å²) < 4.78 is 1.04. The van der Waals surface area contributed by atoms with E-state index in [9.17, 15) is 4.79 Å². The summed E-state index contributed by atoms with van der Waals surface area (Å²) in [7, 11) is 0. The first-order valence-electron chi connectivity index (χ1n) is 7.04. The smallest absolute Gasteiger partial charge is 0.301 e. The molecule has 0 radical (unpaired) electrons. The molecule has 6 nitrogen and oxygen atoms in total. The van der Waals surface area contributed by atoms with Crippen molar-refractivity contribution >= 4 is 51.9 Å². The van der Waals surface area contributed by atoms with E-state index >= 15 is 0 Å². The Bertz CT molecular complexity index is 1030. The largest absolute Gasteiger partial charge is 0.374 e. The van der Waals surface area contributed by atoms with Gasteiger partial charge in [0.05, 0.1) is 21.4 Å².